The number of benzene rings is 3. The van der Waals surface area contributed by atoms with Crippen LogP contribution in [0, 0.1) is 0 Å². The summed E-state index contributed by atoms with van der Waals surface area (Å²) < 4.78 is 26.1. The number of halogens is 1. The van der Waals surface area contributed by atoms with Crippen molar-refractivity contribution in [1.29, 1.82) is 0 Å². The Morgan fingerprint density at radius 2 is 1.81 bits per heavy atom. The molecule has 0 atom stereocenters. The molecular formula is C22H20ClN5O3S. The summed E-state index contributed by atoms with van der Waals surface area (Å²) in [4.78, 5) is 12.4. The number of carbonyl (C=O) groups is 1. The summed E-state index contributed by atoms with van der Waals surface area (Å²) in [6.07, 6.45) is 1.65. The summed E-state index contributed by atoms with van der Waals surface area (Å²) >= 11 is 6.12. The van der Waals surface area contributed by atoms with Gasteiger partial charge in [-0.15, -0.1) is 0 Å². The molecule has 4 rings (SSSR count). The maximum absolute atomic E-state index is 12.5. The van der Waals surface area contributed by atoms with Crippen LogP contribution >= 0.6 is 11.6 Å². The molecule has 0 bridgehead atoms. The van der Waals surface area contributed by atoms with Gasteiger partial charge in [0.25, 0.3) is 0 Å². The molecule has 10 heteroatoms. The first-order valence-electron chi connectivity index (χ1n) is 9.61. The largest absolute Gasteiger partial charge is 0.399 e. The molecule has 5 N–H and O–H groups in total. The van der Waals surface area contributed by atoms with E-state index in [9.17, 15) is 13.2 Å². The Hall–Kier alpha value is -3.40. The minimum absolute atomic E-state index is 0.0357. The number of aromatic nitrogens is 2. The smallest absolute Gasteiger partial charge is 0.238 e. The third-order valence-corrected chi connectivity index (χ3v) is 6.18. The Morgan fingerprint density at radius 3 is 2.50 bits per heavy atom. The van der Waals surface area contributed by atoms with Crippen molar-refractivity contribution in [2.75, 3.05) is 11.1 Å². The van der Waals surface area contributed by atoms with Gasteiger partial charge in [0.15, 0.2) is 0 Å². The minimum Gasteiger partial charge on any atom is -0.399 e. The van der Waals surface area contributed by atoms with Gasteiger partial charge in [0.1, 0.15) is 0 Å². The van der Waals surface area contributed by atoms with Gasteiger partial charge in [-0.2, -0.15) is 5.10 Å². The van der Waals surface area contributed by atoms with E-state index in [1.807, 2.05) is 12.1 Å². The number of rotatable bonds is 6. The van der Waals surface area contributed by atoms with E-state index in [0.717, 1.165) is 5.56 Å². The van der Waals surface area contributed by atoms with Crippen LogP contribution in [-0.2, 0) is 27.8 Å². The van der Waals surface area contributed by atoms with Crippen molar-refractivity contribution in [3.8, 4) is 0 Å². The Morgan fingerprint density at radius 1 is 1.09 bits per heavy atom. The monoisotopic (exact) mass is 469 g/mol. The normalized spacial score (nSPS) is 11.6. The number of hydrogen-bond acceptors (Lipinski definition) is 5. The predicted octanol–water partition coefficient (Wildman–Crippen LogP) is 3.15. The fraction of sp³-hybridized carbons (Fsp3) is 0.0909. The van der Waals surface area contributed by atoms with E-state index in [1.54, 1.807) is 53.3 Å². The van der Waals surface area contributed by atoms with Crippen molar-refractivity contribution >= 4 is 49.8 Å². The van der Waals surface area contributed by atoms with Gasteiger partial charge in [-0.25, -0.2) is 13.6 Å². The first-order valence-corrected chi connectivity index (χ1v) is 11.5. The summed E-state index contributed by atoms with van der Waals surface area (Å²) in [6.45, 7) is 0.410. The molecule has 1 heterocycles. The van der Waals surface area contributed by atoms with Crippen molar-refractivity contribution in [2.45, 2.75) is 17.9 Å². The zero-order valence-electron chi connectivity index (χ0n) is 16.8. The number of anilines is 2. The first-order chi connectivity index (χ1) is 15.2. The highest BCUT2D eigenvalue weighted by atomic mass is 35.5. The van der Waals surface area contributed by atoms with Gasteiger partial charge in [0.2, 0.25) is 15.9 Å². The van der Waals surface area contributed by atoms with E-state index >= 15 is 0 Å². The zero-order chi connectivity index (χ0) is 22.9. The van der Waals surface area contributed by atoms with Crippen LogP contribution in [-0.4, -0.2) is 24.1 Å². The van der Waals surface area contributed by atoms with Crippen LogP contribution in [0.1, 0.15) is 11.1 Å². The van der Waals surface area contributed by atoms with E-state index in [4.69, 9.17) is 22.5 Å². The van der Waals surface area contributed by atoms with Crippen LogP contribution in [0.15, 0.2) is 71.8 Å². The highest BCUT2D eigenvalue weighted by Gasteiger charge is 2.18. The summed E-state index contributed by atoms with van der Waals surface area (Å²) in [5.74, 6) is -0.348. The molecule has 0 aliphatic carbocycles. The number of hydrogen-bond donors (Lipinski definition) is 3. The van der Waals surface area contributed by atoms with Crippen LogP contribution in [0.3, 0.4) is 0 Å². The Bertz CT molecular complexity index is 1420. The molecule has 0 aliphatic rings. The topological polar surface area (TPSA) is 133 Å². The lowest BCUT2D eigenvalue weighted by atomic mass is 10.1. The van der Waals surface area contributed by atoms with Gasteiger partial charge in [-0.05, 0) is 41.5 Å². The van der Waals surface area contributed by atoms with Gasteiger partial charge in [-0.3, -0.25) is 9.48 Å². The number of nitrogens with zero attached hydrogens (tertiary/aromatic N) is 2. The Kier molecular flexibility index (Phi) is 5.88. The zero-order valence-corrected chi connectivity index (χ0v) is 18.4. The molecule has 0 aliphatic heterocycles. The second kappa shape index (κ2) is 8.62. The maximum atomic E-state index is 12.5. The number of amides is 1. The van der Waals surface area contributed by atoms with E-state index in [1.165, 1.54) is 6.07 Å². The molecule has 3 aromatic carbocycles. The van der Waals surface area contributed by atoms with Gasteiger partial charge in [0.05, 0.1) is 23.4 Å². The van der Waals surface area contributed by atoms with Crippen molar-refractivity contribution in [1.82, 2.24) is 9.78 Å². The molecular weight excluding hydrogens is 450 g/mol. The summed E-state index contributed by atoms with van der Waals surface area (Å²) in [5, 5.41) is 13.5. The average molecular weight is 470 g/mol. The molecule has 1 aromatic heterocycles. The van der Waals surface area contributed by atoms with Crippen LogP contribution in [0.4, 0.5) is 11.4 Å². The number of carbonyl (C=O) groups excluding carboxylic acids is 1. The van der Waals surface area contributed by atoms with E-state index in [-0.39, 0.29) is 22.9 Å². The highest BCUT2D eigenvalue weighted by Crippen LogP contribution is 2.27. The van der Waals surface area contributed by atoms with Crippen LogP contribution in [0.25, 0.3) is 10.9 Å². The maximum Gasteiger partial charge on any atom is 0.238 e. The van der Waals surface area contributed by atoms with Crippen molar-refractivity contribution < 1.29 is 13.2 Å². The number of nitrogens with two attached hydrogens (primary N) is 2. The lowest BCUT2D eigenvalue weighted by molar-refractivity contribution is -0.115. The summed E-state index contributed by atoms with van der Waals surface area (Å²) in [6, 6.07) is 17.2. The molecule has 0 radical (unpaired) electrons. The Labute approximate surface area is 189 Å². The standard InChI is InChI=1S/C22H20ClN5O3S/c23-19-4-2-1-3-15(19)9-22(29)26-17-10-20-18(21(11-17)32(25,30)31)13-28(27-20)12-14-5-7-16(24)8-6-14/h1-8,10-11,13H,9,12,24H2,(H,26,29)(H2,25,30,31). The van der Waals surface area contributed by atoms with Crippen molar-refractivity contribution in [3.63, 3.8) is 0 Å². The fourth-order valence-electron chi connectivity index (χ4n) is 3.36. The molecule has 0 unspecified atom stereocenters. The van der Waals surface area contributed by atoms with Crippen LogP contribution in [0.2, 0.25) is 5.02 Å². The molecule has 164 valence electrons. The van der Waals surface area contributed by atoms with Crippen molar-refractivity contribution in [2.24, 2.45) is 5.14 Å². The van der Waals surface area contributed by atoms with Crippen molar-refractivity contribution in [3.05, 3.63) is 83.0 Å². The second-order valence-electron chi connectivity index (χ2n) is 7.34. The van der Waals surface area contributed by atoms with E-state index < -0.39 is 10.0 Å². The number of fused-ring (bicyclic) bond motifs is 1. The van der Waals surface area contributed by atoms with Gasteiger partial charge in [-0.1, -0.05) is 41.9 Å². The summed E-state index contributed by atoms with van der Waals surface area (Å²) in [7, 11) is -4.06. The number of nitrogens with one attached hydrogen (secondary N) is 1. The molecule has 0 saturated carbocycles. The van der Waals surface area contributed by atoms with Gasteiger partial charge in [0, 0.05) is 28.0 Å². The predicted molar refractivity (Wildman–Crippen MR) is 125 cm³/mol. The number of sulfonamides is 1. The SMILES string of the molecule is Nc1ccc(Cn2cc3c(S(N)(=O)=O)cc(NC(=O)Cc4ccccc4Cl)cc3n2)cc1. The summed E-state index contributed by atoms with van der Waals surface area (Å²) in [5.41, 5.74) is 8.63. The lowest BCUT2D eigenvalue weighted by Crippen LogP contribution is -2.16. The molecule has 8 nitrogen and oxygen atoms in total. The lowest BCUT2D eigenvalue weighted by Gasteiger charge is -2.08. The van der Waals surface area contributed by atoms with Gasteiger partial charge >= 0.3 is 0 Å². The third-order valence-electron chi connectivity index (χ3n) is 4.86. The third kappa shape index (κ3) is 4.91. The molecule has 0 fully saturated rings. The fourth-order valence-corrected chi connectivity index (χ4v) is 4.32. The quantitative estimate of drug-likeness (QED) is 0.373. The molecule has 0 saturated heterocycles. The van der Waals surface area contributed by atoms with Gasteiger partial charge < -0.3 is 11.1 Å². The molecule has 32 heavy (non-hydrogen) atoms. The molecule has 0 spiro atoms. The first kappa shape index (κ1) is 21.8. The molecule has 4 aromatic rings. The van der Waals surface area contributed by atoms with Crippen LogP contribution < -0.4 is 16.2 Å². The number of primary sulfonamides is 1. The van der Waals surface area contributed by atoms with E-state index in [0.29, 0.717) is 33.7 Å². The average Bonchev–Trinajstić information content (AvgIpc) is 3.12. The second-order valence-corrected chi connectivity index (χ2v) is 9.27. The Balaban J connectivity index is 1.65. The van der Waals surface area contributed by atoms with E-state index in [2.05, 4.69) is 10.4 Å². The number of nitrogen functional groups attached to an aromatic ring is 1. The minimum atomic E-state index is -4.06. The highest BCUT2D eigenvalue weighted by molar-refractivity contribution is 7.89. The van der Waals surface area contributed by atoms with Crippen LogP contribution in [0.5, 0.6) is 0 Å². The molecule has 1 amide bonds.